The first-order valence-electron chi connectivity index (χ1n) is 8.45. The van der Waals surface area contributed by atoms with Crippen LogP contribution in [0.3, 0.4) is 0 Å². The number of methoxy groups -OCH3 is 1. The second-order valence-electron chi connectivity index (χ2n) is 6.70. The van der Waals surface area contributed by atoms with Gasteiger partial charge in [-0.25, -0.2) is 0 Å². The zero-order valence-electron chi connectivity index (χ0n) is 14.8. The largest absolute Gasteiger partial charge is 0.508 e. The number of hydrogen-bond donors (Lipinski definition) is 2. The fourth-order valence-corrected chi connectivity index (χ4v) is 3.11. The van der Waals surface area contributed by atoms with Crippen molar-refractivity contribution in [1.82, 2.24) is 0 Å². The molecule has 2 aromatic rings. The summed E-state index contributed by atoms with van der Waals surface area (Å²) >= 11 is 0. The molecule has 25 heavy (non-hydrogen) atoms. The Morgan fingerprint density at radius 1 is 0.960 bits per heavy atom. The van der Waals surface area contributed by atoms with E-state index in [4.69, 9.17) is 14.2 Å². The van der Waals surface area contributed by atoms with E-state index >= 15 is 0 Å². The summed E-state index contributed by atoms with van der Waals surface area (Å²) in [7, 11) is 1.55. The molecule has 0 spiro atoms. The summed E-state index contributed by atoms with van der Waals surface area (Å²) in [6.45, 7) is 4.56. The highest BCUT2D eigenvalue weighted by molar-refractivity contribution is 5.51. The van der Waals surface area contributed by atoms with Gasteiger partial charge >= 0.3 is 0 Å². The Hall–Kier alpha value is -2.56. The summed E-state index contributed by atoms with van der Waals surface area (Å²) in [5, 5.41) is 19.9. The smallest absolute Gasteiger partial charge is 0.231 e. The van der Waals surface area contributed by atoms with Gasteiger partial charge in [0.05, 0.1) is 7.11 Å². The molecule has 0 aliphatic carbocycles. The fourth-order valence-electron chi connectivity index (χ4n) is 3.11. The van der Waals surface area contributed by atoms with Crippen LogP contribution in [0.15, 0.2) is 30.3 Å². The standard InChI is InChI=1S/C20H24O5/c1-12(6-14-4-5-16(21)18(8-14)23-3)13(2)7-15-9-19-20(10-17(15)22)25-11-24-19/h4-5,8-10,12-13,21-22H,6-7,11H2,1-3H3/t12-,13+/m0/s1. The Bertz CT molecular complexity index is 756. The van der Waals surface area contributed by atoms with E-state index in [0.29, 0.717) is 29.1 Å². The summed E-state index contributed by atoms with van der Waals surface area (Å²) < 4.78 is 15.9. The van der Waals surface area contributed by atoms with Crippen LogP contribution in [0, 0.1) is 11.8 Å². The van der Waals surface area contributed by atoms with Crippen molar-refractivity contribution >= 4 is 0 Å². The molecule has 0 bridgehead atoms. The van der Waals surface area contributed by atoms with Crippen LogP contribution >= 0.6 is 0 Å². The van der Waals surface area contributed by atoms with Crippen molar-refractivity contribution in [3.63, 3.8) is 0 Å². The van der Waals surface area contributed by atoms with Gasteiger partial charge in [-0.3, -0.25) is 0 Å². The summed E-state index contributed by atoms with van der Waals surface area (Å²) in [5.74, 6) is 2.91. The van der Waals surface area contributed by atoms with Gasteiger partial charge in [0.15, 0.2) is 23.0 Å². The summed E-state index contributed by atoms with van der Waals surface area (Å²) in [4.78, 5) is 0. The van der Waals surface area contributed by atoms with Gasteiger partial charge in [-0.2, -0.15) is 0 Å². The second-order valence-corrected chi connectivity index (χ2v) is 6.70. The van der Waals surface area contributed by atoms with Crippen LogP contribution in [-0.4, -0.2) is 24.1 Å². The first-order chi connectivity index (χ1) is 12.0. The van der Waals surface area contributed by atoms with E-state index < -0.39 is 0 Å². The number of rotatable bonds is 6. The molecule has 0 saturated carbocycles. The Kier molecular flexibility index (Phi) is 4.93. The molecule has 0 aromatic heterocycles. The lowest BCUT2D eigenvalue weighted by Gasteiger charge is -2.21. The average molecular weight is 344 g/mol. The van der Waals surface area contributed by atoms with Crippen LogP contribution in [0.1, 0.15) is 25.0 Å². The molecule has 134 valence electrons. The Morgan fingerprint density at radius 2 is 1.64 bits per heavy atom. The first kappa shape index (κ1) is 17.3. The molecule has 1 aliphatic heterocycles. The molecular formula is C20H24O5. The van der Waals surface area contributed by atoms with Gasteiger partial charge in [0.25, 0.3) is 0 Å². The molecule has 0 fully saturated rings. The molecule has 2 atom stereocenters. The van der Waals surface area contributed by atoms with E-state index in [2.05, 4.69) is 13.8 Å². The molecule has 0 saturated heterocycles. The third-order valence-electron chi connectivity index (χ3n) is 4.89. The van der Waals surface area contributed by atoms with E-state index in [0.717, 1.165) is 24.0 Å². The summed E-state index contributed by atoms with van der Waals surface area (Å²) in [5.41, 5.74) is 1.98. The molecule has 0 amide bonds. The maximum atomic E-state index is 10.2. The number of phenols is 2. The van der Waals surface area contributed by atoms with E-state index in [-0.39, 0.29) is 18.3 Å². The normalized spacial score (nSPS) is 15.0. The lowest BCUT2D eigenvalue weighted by molar-refractivity contribution is 0.174. The van der Waals surface area contributed by atoms with Crippen molar-refractivity contribution in [3.05, 3.63) is 41.5 Å². The van der Waals surface area contributed by atoms with Crippen LogP contribution in [-0.2, 0) is 12.8 Å². The van der Waals surface area contributed by atoms with Crippen LogP contribution in [0.25, 0.3) is 0 Å². The van der Waals surface area contributed by atoms with Crippen LogP contribution < -0.4 is 14.2 Å². The molecule has 5 nitrogen and oxygen atoms in total. The molecule has 1 aliphatic rings. The lowest BCUT2D eigenvalue weighted by atomic mass is 9.85. The third-order valence-corrected chi connectivity index (χ3v) is 4.89. The number of hydrogen-bond acceptors (Lipinski definition) is 5. The molecule has 3 rings (SSSR count). The van der Waals surface area contributed by atoms with Crippen LogP contribution in [0.2, 0.25) is 0 Å². The van der Waals surface area contributed by atoms with Crippen molar-refractivity contribution in [3.8, 4) is 28.7 Å². The SMILES string of the molecule is COc1cc(C[C@H](C)[C@H](C)Cc2cc3c(cc2O)OCO3)ccc1O. The second kappa shape index (κ2) is 7.13. The van der Waals surface area contributed by atoms with Crippen molar-refractivity contribution in [2.75, 3.05) is 13.9 Å². The van der Waals surface area contributed by atoms with E-state index in [1.807, 2.05) is 18.2 Å². The minimum atomic E-state index is 0.150. The molecule has 2 N–H and O–H groups in total. The monoisotopic (exact) mass is 344 g/mol. The molecule has 2 aromatic carbocycles. The minimum Gasteiger partial charge on any atom is -0.508 e. The number of ether oxygens (including phenoxy) is 3. The highest BCUT2D eigenvalue weighted by Gasteiger charge is 2.20. The molecule has 0 radical (unpaired) electrons. The fraction of sp³-hybridized carbons (Fsp3) is 0.400. The van der Waals surface area contributed by atoms with Gasteiger partial charge in [-0.15, -0.1) is 0 Å². The van der Waals surface area contributed by atoms with Crippen molar-refractivity contribution in [2.45, 2.75) is 26.7 Å². The summed E-state index contributed by atoms with van der Waals surface area (Å²) in [6, 6.07) is 8.94. The Labute approximate surface area is 147 Å². The predicted molar refractivity (Wildman–Crippen MR) is 94.6 cm³/mol. The minimum absolute atomic E-state index is 0.150. The quantitative estimate of drug-likeness (QED) is 0.832. The van der Waals surface area contributed by atoms with Crippen LogP contribution in [0.4, 0.5) is 0 Å². The zero-order valence-corrected chi connectivity index (χ0v) is 14.8. The topological polar surface area (TPSA) is 68.2 Å². The zero-order chi connectivity index (χ0) is 18.0. The highest BCUT2D eigenvalue weighted by atomic mass is 16.7. The Morgan fingerprint density at radius 3 is 2.36 bits per heavy atom. The third kappa shape index (κ3) is 3.76. The molecule has 0 unspecified atom stereocenters. The van der Waals surface area contributed by atoms with Gasteiger partial charge < -0.3 is 24.4 Å². The van der Waals surface area contributed by atoms with Crippen molar-refractivity contribution < 1.29 is 24.4 Å². The Balaban J connectivity index is 1.68. The average Bonchev–Trinajstić information content (AvgIpc) is 3.03. The summed E-state index contributed by atoms with van der Waals surface area (Å²) in [6.07, 6.45) is 1.61. The van der Waals surface area contributed by atoms with E-state index in [1.165, 1.54) is 0 Å². The van der Waals surface area contributed by atoms with Crippen LogP contribution in [0.5, 0.6) is 28.7 Å². The van der Waals surface area contributed by atoms with Crippen molar-refractivity contribution in [2.24, 2.45) is 11.8 Å². The van der Waals surface area contributed by atoms with Crippen molar-refractivity contribution in [1.29, 1.82) is 0 Å². The van der Waals surface area contributed by atoms with Gasteiger partial charge in [-0.1, -0.05) is 19.9 Å². The van der Waals surface area contributed by atoms with Gasteiger partial charge in [-0.05, 0) is 54.0 Å². The number of aromatic hydroxyl groups is 2. The highest BCUT2D eigenvalue weighted by Crippen LogP contribution is 2.39. The molecule has 5 heteroatoms. The van der Waals surface area contributed by atoms with E-state index in [1.54, 1.807) is 19.2 Å². The van der Waals surface area contributed by atoms with Gasteiger partial charge in [0.1, 0.15) is 5.75 Å². The number of benzene rings is 2. The van der Waals surface area contributed by atoms with E-state index in [9.17, 15) is 10.2 Å². The maximum absolute atomic E-state index is 10.2. The number of phenolic OH excluding ortho intramolecular Hbond substituents is 2. The predicted octanol–water partition coefficient (Wildman–Crippen LogP) is 3.89. The van der Waals surface area contributed by atoms with Gasteiger partial charge in [0.2, 0.25) is 6.79 Å². The molecular weight excluding hydrogens is 320 g/mol. The maximum Gasteiger partial charge on any atom is 0.231 e. The lowest BCUT2D eigenvalue weighted by Crippen LogP contribution is -2.14. The van der Waals surface area contributed by atoms with Gasteiger partial charge in [0, 0.05) is 6.07 Å². The molecule has 1 heterocycles. The number of fused-ring (bicyclic) bond motifs is 1. The first-order valence-corrected chi connectivity index (χ1v) is 8.45.